The summed E-state index contributed by atoms with van der Waals surface area (Å²) in [7, 11) is 0. The minimum absolute atomic E-state index is 0.560. The van der Waals surface area contributed by atoms with Crippen molar-refractivity contribution in [2.75, 3.05) is 0 Å². The predicted octanol–water partition coefficient (Wildman–Crippen LogP) is 0.834. The van der Waals surface area contributed by atoms with E-state index >= 15 is 0 Å². The van der Waals surface area contributed by atoms with Crippen LogP contribution in [0.2, 0.25) is 0 Å². The van der Waals surface area contributed by atoms with Gasteiger partial charge < -0.3 is 0 Å². The van der Waals surface area contributed by atoms with Crippen LogP contribution in [0.25, 0.3) is 22.8 Å². The molecule has 0 bridgehead atoms. The normalized spacial score (nSPS) is 11.3. The van der Waals surface area contributed by atoms with Crippen molar-refractivity contribution in [3.63, 3.8) is 0 Å². The van der Waals surface area contributed by atoms with Crippen LogP contribution < -0.4 is 0 Å². The second-order valence-electron chi connectivity index (χ2n) is 3.75. The van der Waals surface area contributed by atoms with Crippen LogP contribution in [-0.4, -0.2) is 34.0 Å². The Morgan fingerprint density at radius 1 is 0.944 bits per heavy atom. The Morgan fingerprint density at radius 2 is 1.94 bits per heavy atom. The van der Waals surface area contributed by atoms with Crippen molar-refractivity contribution < 1.29 is 0 Å². The Kier molecular flexibility index (Phi) is 1.71. The standard InChI is InChI=1S/C11H7N7/c1-2-14-11-15-7-16-18(11)8(1)9-5-12-6-10-13-3-4-17(9)10/h1-7H. The summed E-state index contributed by atoms with van der Waals surface area (Å²) in [6, 6.07) is 1.87. The number of hydrogen-bond donors (Lipinski definition) is 0. The Bertz CT molecular complexity index is 772. The summed E-state index contributed by atoms with van der Waals surface area (Å²) in [6.07, 6.45) is 10.3. The number of nitrogens with zero attached hydrogens (tertiary/aromatic N) is 7. The van der Waals surface area contributed by atoms with Gasteiger partial charge in [0.1, 0.15) is 6.33 Å². The lowest BCUT2D eigenvalue weighted by molar-refractivity contribution is 0.933. The summed E-state index contributed by atoms with van der Waals surface area (Å²) in [4.78, 5) is 16.6. The smallest absolute Gasteiger partial charge is 0.252 e. The molecule has 4 aromatic rings. The Balaban J connectivity index is 2.13. The van der Waals surface area contributed by atoms with Crippen LogP contribution >= 0.6 is 0 Å². The van der Waals surface area contributed by atoms with Gasteiger partial charge in [-0.05, 0) is 6.07 Å². The van der Waals surface area contributed by atoms with Crippen LogP contribution in [0.4, 0.5) is 0 Å². The molecule has 0 fully saturated rings. The summed E-state index contributed by atoms with van der Waals surface area (Å²) in [5, 5.41) is 4.17. The average Bonchev–Trinajstić information content (AvgIpc) is 3.06. The molecule has 0 saturated carbocycles. The molecule has 0 saturated heterocycles. The molecule has 0 atom stereocenters. The van der Waals surface area contributed by atoms with E-state index in [1.54, 1.807) is 29.3 Å². The van der Waals surface area contributed by atoms with E-state index in [0.29, 0.717) is 5.78 Å². The number of imidazole rings is 1. The average molecular weight is 237 g/mol. The van der Waals surface area contributed by atoms with E-state index in [0.717, 1.165) is 17.0 Å². The summed E-state index contributed by atoms with van der Waals surface area (Å²) < 4.78 is 3.62. The lowest BCUT2D eigenvalue weighted by atomic mass is 10.3. The molecule has 0 aliphatic carbocycles. The molecule has 0 aliphatic rings. The number of fused-ring (bicyclic) bond motifs is 2. The summed E-state index contributed by atoms with van der Waals surface area (Å²) in [5.74, 6) is 0.560. The summed E-state index contributed by atoms with van der Waals surface area (Å²) in [5.41, 5.74) is 2.55. The molecule has 0 aliphatic heterocycles. The molecule has 4 aromatic heterocycles. The minimum Gasteiger partial charge on any atom is -0.295 e. The molecule has 0 N–H and O–H groups in total. The third-order valence-corrected chi connectivity index (χ3v) is 2.76. The third kappa shape index (κ3) is 1.15. The molecule has 0 spiro atoms. The van der Waals surface area contributed by atoms with Gasteiger partial charge in [0.25, 0.3) is 5.78 Å². The molecular weight excluding hydrogens is 230 g/mol. The lowest BCUT2D eigenvalue weighted by Crippen LogP contribution is -2.00. The van der Waals surface area contributed by atoms with Crippen LogP contribution in [0.5, 0.6) is 0 Å². The van der Waals surface area contributed by atoms with Crippen LogP contribution in [0.3, 0.4) is 0 Å². The SMILES string of the molecule is c1cn2c(-c3ccnc4ncnn34)cncc2n1. The van der Waals surface area contributed by atoms with Crippen molar-refractivity contribution in [3.8, 4) is 11.4 Å². The highest BCUT2D eigenvalue weighted by atomic mass is 15.3. The predicted molar refractivity (Wildman–Crippen MR) is 62.8 cm³/mol. The highest BCUT2D eigenvalue weighted by Gasteiger charge is 2.09. The molecule has 86 valence electrons. The van der Waals surface area contributed by atoms with Gasteiger partial charge in [0.05, 0.1) is 23.8 Å². The highest BCUT2D eigenvalue weighted by Crippen LogP contribution is 2.18. The molecule has 18 heavy (non-hydrogen) atoms. The van der Waals surface area contributed by atoms with E-state index in [9.17, 15) is 0 Å². The van der Waals surface area contributed by atoms with Gasteiger partial charge in [0, 0.05) is 18.6 Å². The van der Waals surface area contributed by atoms with Gasteiger partial charge in [0.2, 0.25) is 0 Å². The van der Waals surface area contributed by atoms with Crippen LogP contribution in [0.15, 0.2) is 43.4 Å². The van der Waals surface area contributed by atoms with E-state index in [-0.39, 0.29) is 0 Å². The van der Waals surface area contributed by atoms with Crippen LogP contribution in [0.1, 0.15) is 0 Å². The van der Waals surface area contributed by atoms with Crippen molar-refractivity contribution in [1.82, 2.24) is 34.0 Å². The maximum Gasteiger partial charge on any atom is 0.252 e. The molecule has 7 nitrogen and oxygen atoms in total. The zero-order chi connectivity index (χ0) is 11.9. The molecule has 4 rings (SSSR count). The second-order valence-corrected chi connectivity index (χ2v) is 3.75. The van der Waals surface area contributed by atoms with Gasteiger partial charge in [-0.2, -0.15) is 14.6 Å². The van der Waals surface area contributed by atoms with E-state index in [4.69, 9.17) is 0 Å². The first kappa shape index (κ1) is 9.23. The Hall–Kier alpha value is -2.83. The van der Waals surface area contributed by atoms with E-state index < -0.39 is 0 Å². The van der Waals surface area contributed by atoms with Gasteiger partial charge in [-0.25, -0.2) is 9.97 Å². The van der Waals surface area contributed by atoms with Crippen molar-refractivity contribution in [3.05, 3.63) is 43.4 Å². The van der Waals surface area contributed by atoms with E-state index in [1.807, 2.05) is 16.7 Å². The maximum absolute atomic E-state index is 4.21. The molecule has 4 heterocycles. The first-order chi connectivity index (χ1) is 8.93. The monoisotopic (exact) mass is 237 g/mol. The molecular formula is C11H7N7. The zero-order valence-electron chi connectivity index (χ0n) is 9.17. The number of aromatic nitrogens is 7. The van der Waals surface area contributed by atoms with Crippen molar-refractivity contribution >= 4 is 11.4 Å². The number of rotatable bonds is 1. The zero-order valence-corrected chi connectivity index (χ0v) is 9.17. The summed E-state index contributed by atoms with van der Waals surface area (Å²) >= 11 is 0. The minimum atomic E-state index is 0.560. The topological polar surface area (TPSA) is 73.3 Å². The van der Waals surface area contributed by atoms with Gasteiger partial charge >= 0.3 is 0 Å². The van der Waals surface area contributed by atoms with Gasteiger partial charge in [-0.3, -0.25) is 9.38 Å². The summed E-state index contributed by atoms with van der Waals surface area (Å²) in [6.45, 7) is 0. The fourth-order valence-electron chi connectivity index (χ4n) is 1.97. The van der Waals surface area contributed by atoms with Gasteiger partial charge in [-0.1, -0.05) is 0 Å². The van der Waals surface area contributed by atoms with Crippen molar-refractivity contribution in [2.24, 2.45) is 0 Å². The molecule has 7 heteroatoms. The molecule has 0 amide bonds. The first-order valence-corrected chi connectivity index (χ1v) is 5.36. The quantitative estimate of drug-likeness (QED) is 0.490. The van der Waals surface area contributed by atoms with Crippen LogP contribution in [-0.2, 0) is 0 Å². The first-order valence-electron chi connectivity index (χ1n) is 5.36. The van der Waals surface area contributed by atoms with Crippen LogP contribution in [0, 0.1) is 0 Å². The van der Waals surface area contributed by atoms with Crippen molar-refractivity contribution in [2.45, 2.75) is 0 Å². The largest absolute Gasteiger partial charge is 0.295 e. The highest BCUT2D eigenvalue weighted by molar-refractivity contribution is 5.60. The fraction of sp³-hybridized carbons (Fsp3) is 0. The molecule has 0 unspecified atom stereocenters. The fourth-order valence-corrected chi connectivity index (χ4v) is 1.97. The Labute approximate surface area is 101 Å². The van der Waals surface area contributed by atoms with Gasteiger partial charge in [0.15, 0.2) is 5.65 Å². The van der Waals surface area contributed by atoms with Crippen molar-refractivity contribution in [1.29, 1.82) is 0 Å². The lowest BCUT2D eigenvalue weighted by Gasteiger charge is -2.05. The maximum atomic E-state index is 4.21. The van der Waals surface area contributed by atoms with E-state index in [2.05, 4.69) is 25.0 Å². The van der Waals surface area contributed by atoms with Gasteiger partial charge in [-0.15, -0.1) is 0 Å². The Morgan fingerprint density at radius 3 is 2.94 bits per heavy atom. The molecule has 0 aromatic carbocycles. The molecule has 0 radical (unpaired) electrons. The third-order valence-electron chi connectivity index (χ3n) is 2.76. The second kappa shape index (κ2) is 3.33. The number of hydrogen-bond acceptors (Lipinski definition) is 5. The van der Waals surface area contributed by atoms with E-state index in [1.165, 1.54) is 6.33 Å².